The quantitative estimate of drug-likeness (QED) is 0.209. The molecule has 6 aromatic carbocycles. The number of hydrogen-bond donors (Lipinski definition) is 1. The van der Waals surface area contributed by atoms with Crippen molar-refractivity contribution in [1.82, 2.24) is 4.98 Å². The third-order valence-electron chi connectivity index (χ3n) is 8.99. The van der Waals surface area contributed by atoms with Crippen molar-refractivity contribution in [2.75, 3.05) is 10.2 Å². The van der Waals surface area contributed by atoms with Gasteiger partial charge in [-0.2, -0.15) is 0 Å². The Labute approximate surface area is 260 Å². The molecule has 1 unspecified atom stereocenters. The molecule has 0 aliphatic carbocycles. The largest absolute Gasteiger partial charge is 0.363 e. The monoisotopic (exact) mass is 583 g/mol. The fourth-order valence-electron chi connectivity index (χ4n) is 6.94. The lowest BCUT2D eigenvalue weighted by Crippen LogP contribution is -2.30. The van der Waals surface area contributed by atoms with Crippen molar-refractivity contribution in [3.8, 4) is 22.4 Å². The summed E-state index contributed by atoms with van der Waals surface area (Å²) in [4.78, 5) is 7.71. The van der Waals surface area contributed by atoms with Gasteiger partial charge < -0.3 is 10.2 Å². The topological polar surface area (TPSA) is 28.2 Å². The number of anilines is 3. The summed E-state index contributed by atoms with van der Waals surface area (Å²) < 4.78 is 2.65. The number of rotatable bonds is 4. The summed E-state index contributed by atoms with van der Waals surface area (Å²) in [5.74, 6) is 0. The molecule has 1 aliphatic rings. The number of benzene rings is 6. The molecule has 0 amide bonds. The van der Waals surface area contributed by atoms with E-state index in [2.05, 4.69) is 151 Å². The van der Waals surface area contributed by atoms with Crippen molar-refractivity contribution >= 4 is 70.2 Å². The number of nitrogens with zero attached hydrogens (tertiary/aromatic N) is 2. The summed E-state index contributed by atoms with van der Waals surface area (Å²) in [6.45, 7) is 2.23. The van der Waals surface area contributed by atoms with Crippen LogP contribution >= 0.6 is 11.3 Å². The minimum absolute atomic E-state index is 0.230. The fraction of sp³-hybridized carbons (Fsp3) is 0.0750. The van der Waals surface area contributed by atoms with Crippen molar-refractivity contribution in [1.29, 1.82) is 0 Å². The molecule has 3 heterocycles. The van der Waals surface area contributed by atoms with Crippen LogP contribution in [0.3, 0.4) is 0 Å². The molecule has 0 spiro atoms. The lowest BCUT2D eigenvalue weighted by molar-refractivity contribution is 0.728. The van der Waals surface area contributed by atoms with Crippen molar-refractivity contribution in [3.05, 3.63) is 133 Å². The number of hydrogen-bond acceptors (Lipinski definition) is 4. The van der Waals surface area contributed by atoms with Crippen LogP contribution in [-0.2, 0) is 0 Å². The van der Waals surface area contributed by atoms with E-state index in [9.17, 15) is 0 Å². The van der Waals surface area contributed by atoms with Gasteiger partial charge in [-0.1, -0.05) is 97.9 Å². The Morgan fingerprint density at radius 1 is 0.659 bits per heavy atom. The first-order valence-electron chi connectivity index (χ1n) is 15.3. The molecule has 0 fully saturated rings. The lowest BCUT2D eigenvalue weighted by atomic mass is 9.96. The first-order chi connectivity index (χ1) is 21.8. The third kappa shape index (κ3) is 3.84. The molecule has 210 valence electrons. The first-order valence-corrected chi connectivity index (χ1v) is 16.1. The maximum Gasteiger partial charge on any atom is 0.104 e. The number of nitrogens with one attached hydrogen (secondary N) is 1. The van der Waals surface area contributed by atoms with Crippen LogP contribution in [0.2, 0.25) is 0 Å². The number of thiophene rings is 1. The summed E-state index contributed by atoms with van der Waals surface area (Å²) in [5.41, 5.74) is 9.17. The molecular formula is C40H29N3S. The minimum atomic E-state index is 0.230. The number of pyridine rings is 1. The van der Waals surface area contributed by atoms with Gasteiger partial charge in [0.05, 0.1) is 22.6 Å². The molecular weight excluding hydrogens is 555 g/mol. The summed E-state index contributed by atoms with van der Waals surface area (Å²) in [6.07, 6.45) is 1.23. The summed E-state index contributed by atoms with van der Waals surface area (Å²) in [6, 6.07) is 48.3. The second kappa shape index (κ2) is 9.94. The molecule has 2 aromatic heterocycles. The van der Waals surface area contributed by atoms with Gasteiger partial charge in [-0.3, -0.25) is 0 Å². The van der Waals surface area contributed by atoms with E-state index in [0.717, 1.165) is 23.2 Å². The maximum absolute atomic E-state index is 5.28. The highest BCUT2D eigenvalue weighted by atomic mass is 32.1. The average Bonchev–Trinajstić information content (AvgIpc) is 3.66. The van der Waals surface area contributed by atoms with Gasteiger partial charge in [0.1, 0.15) is 6.17 Å². The number of fused-ring (bicyclic) bond motifs is 8. The smallest absolute Gasteiger partial charge is 0.104 e. The van der Waals surface area contributed by atoms with Gasteiger partial charge in [0, 0.05) is 47.6 Å². The van der Waals surface area contributed by atoms with E-state index in [-0.39, 0.29) is 6.17 Å². The Balaban J connectivity index is 1.21. The molecule has 8 aromatic rings. The van der Waals surface area contributed by atoms with Crippen LogP contribution in [0.4, 0.5) is 17.1 Å². The molecule has 1 N–H and O–H groups in total. The summed E-state index contributed by atoms with van der Waals surface area (Å²) >= 11 is 1.88. The second-order valence-corrected chi connectivity index (χ2v) is 12.6. The molecule has 9 rings (SSSR count). The van der Waals surface area contributed by atoms with Crippen molar-refractivity contribution < 1.29 is 0 Å². The van der Waals surface area contributed by atoms with Crippen LogP contribution < -0.4 is 10.2 Å². The van der Waals surface area contributed by atoms with Crippen LogP contribution in [-0.4, -0.2) is 11.1 Å². The minimum Gasteiger partial charge on any atom is -0.363 e. The van der Waals surface area contributed by atoms with Crippen molar-refractivity contribution in [3.63, 3.8) is 0 Å². The Bertz CT molecular complexity index is 2390. The van der Waals surface area contributed by atoms with Gasteiger partial charge in [-0.25, -0.2) is 4.98 Å². The van der Waals surface area contributed by atoms with E-state index in [1.54, 1.807) is 0 Å². The Kier molecular flexibility index (Phi) is 5.72. The van der Waals surface area contributed by atoms with Gasteiger partial charge in [0.15, 0.2) is 0 Å². The van der Waals surface area contributed by atoms with Gasteiger partial charge in [0.2, 0.25) is 0 Å². The standard InChI is InChI=1S/C40H29N3S/c1-2-37-41-34-18-6-7-19-35(34)43(37)28-14-10-12-26(24-28)25-11-9-13-27(23-25)39-32-22-21-30-29-15-4-8-20-36(29)44-40(30)38(32)31-16-3-5-17-33(31)42-39/h3-24,37,41H,2H2,1H3. The molecule has 44 heavy (non-hydrogen) atoms. The number of aromatic nitrogens is 1. The number of para-hydroxylation sites is 3. The Morgan fingerprint density at radius 3 is 2.30 bits per heavy atom. The maximum atomic E-state index is 5.28. The Morgan fingerprint density at radius 2 is 1.39 bits per heavy atom. The molecule has 1 aliphatic heterocycles. The zero-order chi connectivity index (χ0) is 29.2. The zero-order valence-electron chi connectivity index (χ0n) is 24.3. The molecule has 3 nitrogen and oxygen atoms in total. The van der Waals surface area contributed by atoms with Gasteiger partial charge in [-0.15, -0.1) is 11.3 Å². The summed E-state index contributed by atoms with van der Waals surface area (Å²) in [5, 5.41) is 10.0. The van der Waals surface area contributed by atoms with Gasteiger partial charge in [-0.05, 0) is 60.0 Å². The van der Waals surface area contributed by atoms with E-state index in [4.69, 9.17) is 4.98 Å². The van der Waals surface area contributed by atoms with Crippen LogP contribution in [0, 0.1) is 0 Å². The molecule has 1 atom stereocenters. The van der Waals surface area contributed by atoms with E-state index in [0.29, 0.717) is 0 Å². The average molecular weight is 584 g/mol. The van der Waals surface area contributed by atoms with E-state index in [1.807, 2.05) is 11.3 Å². The molecule has 0 bridgehead atoms. The molecule has 4 heteroatoms. The van der Waals surface area contributed by atoms with Crippen LogP contribution in [0.25, 0.3) is 64.2 Å². The third-order valence-corrected chi connectivity index (χ3v) is 10.2. The predicted molar refractivity (Wildman–Crippen MR) is 189 cm³/mol. The second-order valence-electron chi connectivity index (χ2n) is 11.5. The highest BCUT2D eigenvalue weighted by Crippen LogP contribution is 2.44. The molecule has 0 radical (unpaired) electrons. The van der Waals surface area contributed by atoms with Crippen molar-refractivity contribution in [2.45, 2.75) is 19.5 Å². The van der Waals surface area contributed by atoms with Crippen LogP contribution in [0.1, 0.15) is 13.3 Å². The van der Waals surface area contributed by atoms with E-state index in [1.165, 1.54) is 64.5 Å². The lowest BCUT2D eigenvalue weighted by Gasteiger charge is -2.26. The van der Waals surface area contributed by atoms with E-state index >= 15 is 0 Å². The fourth-order valence-corrected chi connectivity index (χ4v) is 8.20. The Hall–Kier alpha value is -5.19. The van der Waals surface area contributed by atoms with Crippen molar-refractivity contribution in [2.24, 2.45) is 0 Å². The SMILES string of the molecule is CCC1Nc2ccccc2N1c1cccc(-c2cccc(-c3nc4ccccc4c4c3ccc3c5ccccc5sc34)c2)c1. The normalized spacial score (nSPS) is 14.5. The first kappa shape index (κ1) is 25.3. The highest BCUT2D eigenvalue weighted by molar-refractivity contribution is 7.26. The molecule has 0 saturated heterocycles. The van der Waals surface area contributed by atoms with Crippen LogP contribution in [0.5, 0.6) is 0 Å². The van der Waals surface area contributed by atoms with Gasteiger partial charge in [0.25, 0.3) is 0 Å². The van der Waals surface area contributed by atoms with Crippen LogP contribution in [0.15, 0.2) is 133 Å². The summed E-state index contributed by atoms with van der Waals surface area (Å²) in [7, 11) is 0. The van der Waals surface area contributed by atoms with E-state index < -0.39 is 0 Å². The highest BCUT2D eigenvalue weighted by Gasteiger charge is 2.28. The molecule has 0 saturated carbocycles. The van der Waals surface area contributed by atoms with Gasteiger partial charge >= 0.3 is 0 Å². The predicted octanol–water partition coefficient (Wildman–Crippen LogP) is 11.4. The zero-order valence-corrected chi connectivity index (χ0v) is 25.1.